The molecule has 0 atom stereocenters. The van der Waals surface area contributed by atoms with E-state index in [2.05, 4.69) is 4.18 Å². The second-order valence-corrected chi connectivity index (χ2v) is 2.62. The number of hydrogen-bond donors (Lipinski definition) is 1. The third-order valence-corrected chi connectivity index (χ3v) is 0.942. The van der Waals surface area contributed by atoms with Crippen LogP contribution in [0.3, 0.4) is 0 Å². The molecule has 0 unspecified atom stereocenters. The predicted molar refractivity (Wildman–Crippen MR) is 39.4 cm³/mol. The molecular weight excluding hydrogens is 172 g/mol. The number of rotatable bonds is 2. The first-order valence-electron chi connectivity index (χ1n) is 2.07. The molecule has 0 rings (SSSR count). The summed E-state index contributed by atoms with van der Waals surface area (Å²) in [7, 11) is -4.22. The van der Waals surface area contributed by atoms with Gasteiger partial charge in [0.25, 0.3) is 0 Å². The van der Waals surface area contributed by atoms with Crippen LogP contribution in [0.15, 0.2) is 0 Å². The molecule has 0 aliphatic carbocycles. The molecule has 0 aromatic heterocycles. The van der Waals surface area contributed by atoms with Gasteiger partial charge in [0.2, 0.25) is 0 Å². The average molecular weight is 184 g/mol. The van der Waals surface area contributed by atoms with Crippen LogP contribution in [0.1, 0.15) is 16.7 Å². The Morgan fingerprint density at radius 3 is 1.80 bits per heavy atom. The van der Waals surface area contributed by atoms with E-state index in [0.29, 0.717) is 0 Å². The largest absolute Gasteiger partial charge is 2.00 e. The monoisotopic (exact) mass is 184 g/mol. The maximum atomic E-state index is 9.78. The molecule has 0 radical (unpaired) electrons. The van der Waals surface area contributed by atoms with Crippen LogP contribution >= 0.6 is 0 Å². The molecule has 0 aliphatic rings. The van der Waals surface area contributed by atoms with Crippen LogP contribution < -0.4 is 0 Å². The van der Waals surface area contributed by atoms with Crippen molar-refractivity contribution in [1.29, 1.82) is 0 Å². The van der Waals surface area contributed by atoms with Crippen molar-refractivity contribution < 1.29 is 25.5 Å². The SMILES string of the molecule is CC(C)OS(=O)(=O)O.O.[H-].[H-].[Mg+2]. The molecule has 0 saturated heterocycles. The maximum Gasteiger partial charge on any atom is 2.00 e. The first kappa shape index (κ1) is 16.9. The van der Waals surface area contributed by atoms with Crippen LogP contribution in [-0.4, -0.2) is 47.6 Å². The summed E-state index contributed by atoms with van der Waals surface area (Å²) in [6.07, 6.45) is -0.495. The van der Waals surface area contributed by atoms with Gasteiger partial charge in [-0.2, -0.15) is 8.42 Å². The van der Waals surface area contributed by atoms with E-state index >= 15 is 0 Å². The van der Waals surface area contributed by atoms with Gasteiger partial charge in [-0.05, 0) is 13.8 Å². The minimum absolute atomic E-state index is 0. The normalized spacial score (nSPS) is 10.0. The molecule has 0 bridgehead atoms. The Morgan fingerprint density at radius 1 is 1.50 bits per heavy atom. The van der Waals surface area contributed by atoms with E-state index in [-0.39, 0.29) is 31.4 Å². The second-order valence-electron chi connectivity index (χ2n) is 1.57. The molecular formula is C3H12MgO5S. The zero-order valence-electron chi connectivity index (χ0n) is 7.86. The molecule has 3 N–H and O–H groups in total. The van der Waals surface area contributed by atoms with Gasteiger partial charge in [-0.1, -0.05) is 0 Å². The topological polar surface area (TPSA) is 95.1 Å². The van der Waals surface area contributed by atoms with Crippen LogP contribution in [-0.2, 0) is 14.6 Å². The van der Waals surface area contributed by atoms with Crippen LogP contribution in [0.25, 0.3) is 0 Å². The Kier molecular flexibility index (Phi) is 10.7. The van der Waals surface area contributed by atoms with E-state index < -0.39 is 16.5 Å². The standard InChI is InChI=1S/C3H8O4S.Mg.H2O.2H/c1-3(2)7-8(4,5)6;;;;/h3H,1-2H3,(H,4,5,6);;1H2;;/q;+2;;2*-1. The predicted octanol–water partition coefficient (Wildman–Crippen LogP) is -0.766. The first-order chi connectivity index (χ1) is 3.42. The van der Waals surface area contributed by atoms with Gasteiger partial charge >= 0.3 is 33.5 Å². The second kappa shape index (κ2) is 6.32. The Labute approximate surface area is 79.1 Å². The molecule has 0 spiro atoms. The summed E-state index contributed by atoms with van der Waals surface area (Å²) in [6.45, 7) is 3.02. The van der Waals surface area contributed by atoms with Gasteiger partial charge in [-0.3, -0.25) is 4.55 Å². The summed E-state index contributed by atoms with van der Waals surface area (Å²) in [4.78, 5) is 0. The van der Waals surface area contributed by atoms with Gasteiger partial charge in [0.15, 0.2) is 0 Å². The fourth-order valence-corrected chi connectivity index (χ4v) is 0.730. The van der Waals surface area contributed by atoms with Crippen LogP contribution in [0.2, 0.25) is 0 Å². The zero-order valence-corrected chi connectivity index (χ0v) is 8.10. The van der Waals surface area contributed by atoms with Gasteiger partial charge in [0.1, 0.15) is 0 Å². The number of hydrogen-bond acceptors (Lipinski definition) is 3. The third kappa shape index (κ3) is 15.8. The van der Waals surface area contributed by atoms with Crippen molar-refractivity contribution >= 4 is 33.5 Å². The van der Waals surface area contributed by atoms with E-state index in [0.717, 1.165) is 0 Å². The summed E-state index contributed by atoms with van der Waals surface area (Å²) in [5, 5.41) is 0. The van der Waals surface area contributed by atoms with Gasteiger partial charge in [-0.25, -0.2) is 4.18 Å². The van der Waals surface area contributed by atoms with E-state index in [1.807, 2.05) is 0 Å². The molecule has 0 amide bonds. The Morgan fingerprint density at radius 2 is 1.80 bits per heavy atom. The van der Waals surface area contributed by atoms with Crippen molar-refractivity contribution in [1.82, 2.24) is 0 Å². The van der Waals surface area contributed by atoms with Gasteiger partial charge in [0.05, 0.1) is 6.10 Å². The summed E-state index contributed by atoms with van der Waals surface area (Å²) < 4.78 is 31.5. The summed E-state index contributed by atoms with van der Waals surface area (Å²) in [5.74, 6) is 0. The van der Waals surface area contributed by atoms with E-state index in [1.54, 1.807) is 0 Å². The van der Waals surface area contributed by atoms with Crippen LogP contribution in [0.4, 0.5) is 0 Å². The molecule has 0 aromatic carbocycles. The molecule has 5 nitrogen and oxygen atoms in total. The quantitative estimate of drug-likeness (QED) is 0.450. The van der Waals surface area contributed by atoms with Crippen molar-refractivity contribution in [2.24, 2.45) is 0 Å². The van der Waals surface area contributed by atoms with Gasteiger partial charge < -0.3 is 8.33 Å². The third-order valence-electron chi connectivity index (χ3n) is 0.314. The van der Waals surface area contributed by atoms with Crippen molar-refractivity contribution in [2.75, 3.05) is 0 Å². The van der Waals surface area contributed by atoms with Crippen molar-refractivity contribution in [3.63, 3.8) is 0 Å². The van der Waals surface area contributed by atoms with Crippen molar-refractivity contribution in [3.05, 3.63) is 0 Å². The minimum Gasteiger partial charge on any atom is -1.00 e. The van der Waals surface area contributed by atoms with Gasteiger partial charge in [0, 0.05) is 0 Å². The van der Waals surface area contributed by atoms with E-state index in [4.69, 9.17) is 4.55 Å². The Hall–Kier alpha value is 0.596. The van der Waals surface area contributed by atoms with Crippen LogP contribution in [0, 0.1) is 0 Å². The molecule has 0 saturated carbocycles. The molecule has 62 valence electrons. The van der Waals surface area contributed by atoms with Gasteiger partial charge in [-0.15, -0.1) is 0 Å². The fraction of sp³-hybridized carbons (Fsp3) is 1.00. The van der Waals surface area contributed by atoms with Crippen molar-refractivity contribution in [2.45, 2.75) is 20.0 Å². The van der Waals surface area contributed by atoms with Crippen molar-refractivity contribution in [3.8, 4) is 0 Å². The molecule has 0 aliphatic heterocycles. The summed E-state index contributed by atoms with van der Waals surface area (Å²) >= 11 is 0. The fourth-order valence-electron chi connectivity index (χ4n) is 0.243. The molecule has 0 fully saturated rings. The Bertz CT molecular complexity index is 158. The summed E-state index contributed by atoms with van der Waals surface area (Å²) in [5.41, 5.74) is 0. The minimum atomic E-state index is -4.22. The zero-order chi connectivity index (χ0) is 6.78. The van der Waals surface area contributed by atoms with E-state index in [1.165, 1.54) is 13.8 Å². The van der Waals surface area contributed by atoms with E-state index in [9.17, 15) is 8.42 Å². The smallest absolute Gasteiger partial charge is 1.00 e. The van der Waals surface area contributed by atoms with Crippen LogP contribution in [0.5, 0.6) is 0 Å². The molecule has 0 aromatic rings. The first-order valence-corrected chi connectivity index (χ1v) is 3.44. The summed E-state index contributed by atoms with van der Waals surface area (Å²) in [6, 6.07) is 0. The maximum absolute atomic E-state index is 9.78. The molecule has 7 heteroatoms. The molecule has 0 heterocycles. The Balaban J connectivity index is -0.0000000408. The average Bonchev–Trinajstić information content (AvgIpc) is 1.21. The molecule has 10 heavy (non-hydrogen) atoms.